The Morgan fingerprint density at radius 2 is 2.05 bits per heavy atom. The Labute approximate surface area is 142 Å². The minimum atomic E-state index is 0.0418. The van der Waals surface area contributed by atoms with E-state index in [9.17, 15) is 5.11 Å². The number of aliphatic hydroxyl groups excluding tert-OH is 1. The average Bonchev–Trinajstić information content (AvgIpc) is 2.49. The summed E-state index contributed by atoms with van der Waals surface area (Å²) >= 11 is 9.80. The van der Waals surface area contributed by atoms with Crippen molar-refractivity contribution in [3.63, 3.8) is 0 Å². The van der Waals surface area contributed by atoms with Crippen molar-refractivity contribution in [2.24, 2.45) is 11.3 Å². The van der Waals surface area contributed by atoms with Crippen LogP contribution in [0.4, 0.5) is 0 Å². The van der Waals surface area contributed by atoms with Crippen LogP contribution < -0.4 is 0 Å². The van der Waals surface area contributed by atoms with E-state index in [4.69, 9.17) is 11.6 Å². The monoisotopic (exact) mass is 372 g/mol. The molecule has 1 aromatic rings. The second-order valence-corrected chi connectivity index (χ2v) is 7.98. The maximum Gasteiger partial charge on any atom is 0.0490 e. The highest BCUT2D eigenvalue weighted by Gasteiger charge is 2.35. The van der Waals surface area contributed by atoms with Crippen LogP contribution in [0.2, 0.25) is 5.02 Å². The molecule has 0 heterocycles. The van der Waals surface area contributed by atoms with Gasteiger partial charge in [0, 0.05) is 16.1 Å². The molecule has 1 aliphatic rings. The number of unbranched alkanes of at least 4 members (excludes halogenated alkanes) is 1. The van der Waals surface area contributed by atoms with Crippen LogP contribution in [0, 0.1) is 11.3 Å². The van der Waals surface area contributed by atoms with Crippen molar-refractivity contribution in [2.75, 3.05) is 6.61 Å². The number of rotatable bonds is 6. The van der Waals surface area contributed by atoms with Gasteiger partial charge in [0.2, 0.25) is 0 Å². The van der Waals surface area contributed by atoms with Crippen molar-refractivity contribution < 1.29 is 5.11 Å². The first-order chi connectivity index (χ1) is 10.1. The first-order valence-electron chi connectivity index (χ1n) is 8.13. The smallest absolute Gasteiger partial charge is 0.0490 e. The fraction of sp³-hybridized carbons (Fsp3) is 0.667. The molecule has 21 heavy (non-hydrogen) atoms. The third kappa shape index (κ3) is 4.71. The Kier molecular flexibility index (Phi) is 6.58. The molecule has 1 aromatic carbocycles. The second-order valence-electron chi connectivity index (χ2n) is 6.66. The molecule has 0 unspecified atom stereocenters. The Bertz CT molecular complexity index is 453. The molecule has 1 fully saturated rings. The van der Waals surface area contributed by atoms with E-state index in [0.29, 0.717) is 0 Å². The van der Waals surface area contributed by atoms with Crippen molar-refractivity contribution in [1.82, 2.24) is 0 Å². The van der Waals surface area contributed by atoms with E-state index in [1.807, 2.05) is 12.1 Å². The maximum absolute atomic E-state index is 9.96. The molecule has 0 spiro atoms. The highest BCUT2D eigenvalue weighted by Crippen LogP contribution is 2.43. The molecule has 118 valence electrons. The van der Waals surface area contributed by atoms with Gasteiger partial charge in [0.1, 0.15) is 0 Å². The van der Waals surface area contributed by atoms with E-state index < -0.39 is 0 Å². The third-order valence-electron chi connectivity index (χ3n) is 5.05. The van der Waals surface area contributed by atoms with E-state index in [0.717, 1.165) is 34.7 Å². The first kappa shape index (κ1) is 17.3. The van der Waals surface area contributed by atoms with Gasteiger partial charge in [-0.2, -0.15) is 0 Å². The van der Waals surface area contributed by atoms with Gasteiger partial charge in [-0.25, -0.2) is 0 Å². The summed E-state index contributed by atoms with van der Waals surface area (Å²) in [6.45, 7) is 2.54. The third-order valence-corrected chi connectivity index (χ3v) is 5.89. The molecule has 0 aliphatic heterocycles. The minimum absolute atomic E-state index is 0.0418. The summed E-state index contributed by atoms with van der Waals surface area (Å²) in [5, 5.41) is 10.8. The van der Waals surface area contributed by atoms with Gasteiger partial charge in [0.05, 0.1) is 0 Å². The first-order valence-corrected chi connectivity index (χ1v) is 9.30. The quantitative estimate of drug-likeness (QED) is 0.648. The Morgan fingerprint density at radius 3 is 2.62 bits per heavy atom. The summed E-state index contributed by atoms with van der Waals surface area (Å²) < 4.78 is 1.01. The van der Waals surface area contributed by atoms with Crippen LogP contribution in [0.15, 0.2) is 22.7 Å². The zero-order valence-corrected chi connectivity index (χ0v) is 15.2. The molecule has 0 amide bonds. The van der Waals surface area contributed by atoms with Gasteiger partial charge < -0.3 is 5.11 Å². The van der Waals surface area contributed by atoms with E-state index >= 15 is 0 Å². The number of hydrogen-bond donors (Lipinski definition) is 1. The van der Waals surface area contributed by atoms with Crippen LogP contribution in [0.5, 0.6) is 0 Å². The second kappa shape index (κ2) is 7.99. The molecule has 1 N–H and O–H groups in total. The van der Waals surface area contributed by atoms with Crippen LogP contribution in [0.25, 0.3) is 0 Å². The van der Waals surface area contributed by atoms with Gasteiger partial charge in [-0.05, 0) is 61.1 Å². The van der Waals surface area contributed by atoms with Crippen LogP contribution in [-0.2, 0) is 6.42 Å². The molecule has 0 saturated heterocycles. The topological polar surface area (TPSA) is 20.2 Å². The number of hydrogen-bond acceptors (Lipinski definition) is 1. The highest BCUT2D eigenvalue weighted by atomic mass is 79.9. The van der Waals surface area contributed by atoms with Gasteiger partial charge in [0.15, 0.2) is 0 Å². The molecular weight excluding hydrogens is 348 g/mol. The largest absolute Gasteiger partial charge is 0.396 e. The van der Waals surface area contributed by atoms with Crippen molar-refractivity contribution in [3.8, 4) is 0 Å². The molecule has 0 atom stereocenters. The lowest BCUT2D eigenvalue weighted by Gasteiger charge is -2.39. The molecule has 0 radical (unpaired) electrons. The van der Waals surface area contributed by atoms with E-state index in [-0.39, 0.29) is 12.0 Å². The van der Waals surface area contributed by atoms with Crippen molar-refractivity contribution in [3.05, 3.63) is 33.3 Å². The summed E-state index contributed by atoms with van der Waals surface area (Å²) in [4.78, 5) is 0. The predicted octanol–water partition coefficient (Wildman–Crippen LogP) is 6.00. The lowest BCUT2D eigenvalue weighted by Crippen LogP contribution is -2.33. The fourth-order valence-electron chi connectivity index (χ4n) is 3.53. The molecule has 2 rings (SSSR count). The van der Waals surface area contributed by atoms with E-state index in [2.05, 4.69) is 28.9 Å². The van der Waals surface area contributed by atoms with Crippen molar-refractivity contribution in [1.29, 1.82) is 0 Å². The number of halogens is 2. The fourth-order valence-corrected chi connectivity index (χ4v) is 4.27. The SMILES string of the molecule is CCCCC1CCC(CO)(Cc2ccc(Br)cc2Cl)CC1. The molecule has 1 aliphatic carbocycles. The van der Waals surface area contributed by atoms with Crippen LogP contribution in [-0.4, -0.2) is 11.7 Å². The van der Waals surface area contributed by atoms with Crippen molar-refractivity contribution in [2.45, 2.75) is 58.3 Å². The normalized spacial score (nSPS) is 26.0. The van der Waals surface area contributed by atoms with Gasteiger partial charge >= 0.3 is 0 Å². The van der Waals surface area contributed by atoms with Crippen LogP contribution >= 0.6 is 27.5 Å². The summed E-state index contributed by atoms with van der Waals surface area (Å²) in [7, 11) is 0. The zero-order chi connectivity index (χ0) is 15.3. The predicted molar refractivity (Wildman–Crippen MR) is 93.9 cm³/mol. The van der Waals surface area contributed by atoms with Crippen molar-refractivity contribution >= 4 is 27.5 Å². The Hall–Kier alpha value is -0.0500. The van der Waals surface area contributed by atoms with Crippen LogP contribution in [0.3, 0.4) is 0 Å². The lowest BCUT2D eigenvalue weighted by atomic mass is 9.67. The van der Waals surface area contributed by atoms with Gasteiger partial charge in [0.25, 0.3) is 0 Å². The molecule has 3 heteroatoms. The minimum Gasteiger partial charge on any atom is -0.396 e. The van der Waals surface area contributed by atoms with Crippen LogP contribution in [0.1, 0.15) is 57.4 Å². The average molecular weight is 374 g/mol. The summed E-state index contributed by atoms with van der Waals surface area (Å²) in [5.41, 5.74) is 1.21. The van der Waals surface area contributed by atoms with Gasteiger partial charge in [-0.1, -0.05) is 59.8 Å². The lowest BCUT2D eigenvalue weighted by molar-refractivity contribution is 0.0621. The van der Waals surface area contributed by atoms with Gasteiger partial charge in [-0.15, -0.1) is 0 Å². The van der Waals surface area contributed by atoms with E-state index in [1.54, 1.807) is 0 Å². The Morgan fingerprint density at radius 1 is 1.33 bits per heavy atom. The molecular formula is C18H26BrClO. The van der Waals surface area contributed by atoms with Gasteiger partial charge in [-0.3, -0.25) is 0 Å². The molecule has 1 nitrogen and oxygen atoms in total. The standard InChI is InChI=1S/C18H26BrClO/c1-2-3-4-14-7-9-18(13-21,10-8-14)12-15-5-6-16(19)11-17(15)20/h5-6,11,14,21H,2-4,7-10,12-13H2,1H3. The number of benzene rings is 1. The summed E-state index contributed by atoms with van der Waals surface area (Å²) in [6.07, 6.45) is 9.66. The summed E-state index contributed by atoms with van der Waals surface area (Å²) in [6, 6.07) is 6.08. The zero-order valence-electron chi connectivity index (χ0n) is 12.9. The maximum atomic E-state index is 9.96. The molecule has 1 saturated carbocycles. The van der Waals surface area contributed by atoms with E-state index in [1.165, 1.54) is 37.7 Å². The Balaban J connectivity index is 1.99. The number of aliphatic hydroxyl groups is 1. The molecule has 0 bridgehead atoms. The highest BCUT2D eigenvalue weighted by molar-refractivity contribution is 9.10. The molecule has 0 aromatic heterocycles. The summed E-state index contributed by atoms with van der Waals surface area (Å²) in [5.74, 6) is 0.866.